The molecule has 2 rings (SSSR count). The number of likely N-dealkylation sites (N-methyl/N-ethyl adjacent to an activating group) is 1. The summed E-state index contributed by atoms with van der Waals surface area (Å²) in [6.45, 7) is 0.464. The fraction of sp³-hybridized carbons (Fsp3) is 0.917. The molecule has 0 aromatic rings. The van der Waals surface area contributed by atoms with Crippen molar-refractivity contribution in [3.8, 4) is 0 Å². The molecule has 0 bridgehead atoms. The van der Waals surface area contributed by atoms with Crippen LogP contribution in [0.1, 0.15) is 44.9 Å². The number of hydrogen-bond acceptors (Lipinski definition) is 2. The molecule has 0 aromatic heterocycles. The molecule has 0 spiro atoms. The van der Waals surface area contributed by atoms with Crippen LogP contribution >= 0.6 is 0 Å². The molecule has 16 heavy (non-hydrogen) atoms. The summed E-state index contributed by atoms with van der Waals surface area (Å²) in [7, 11) is 1.77. The smallest absolute Gasteiger partial charge is 0.317 e. The van der Waals surface area contributed by atoms with Gasteiger partial charge in [-0.05, 0) is 32.1 Å². The molecule has 0 unspecified atom stereocenters. The molecule has 2 aliphatic carbocycles. The topological polar surface area (TPSA) is 52.6 Å². The van der Waals surface area contributed by atoms with E-state index in [-0.39, 0.29) is 6.03 Å². The minimum atomic E-state index is -0.633. The first kappa shape index (κ1) is 11.7. The Labute approximate surface area is 97.0 Å². The first-order valence-electron chi connectivity index (χ1n) is 6.33. The van der Waals surface area contributed by atoms with Crippen LogP contribution in [0.4, 0.5) is 4.79 Å². The van der Waals surface area contributed by atoms with Crippen LogP contribution in [0.2, 0.25) is 0 Å². The Morgan fingerprint density at radius 3 is 2.50 bits per heavy atom. The number of amides is 2. The normalized spacial score (nSPS) is 23.9. The fourth-order valence-corrected chi connectivity index (χ4v) is 2.54. The van der Waals surface area contributed by atoms with Gasteiger partial charge in [0.05, 0.1) is 12.1 Å². The van der Waals surface area contributed by atoms with Crippen LogP contribution in [0.15, 0.2) is 0 Å². The molecule has 4 heteroatoms. The summed E-state index contributed by atoms with van der Waals surface area (Å²) >= 11 is 0. The van der Waals surface area contributed by atoms with Crippen molar-refractivity contribution < 1.29 is 9.90 Å². The van der Waals surface area contributed by atoms with Crippen molar-refractivity contribution in [1.29, 1.82) is 0 Å². The Hall–Kier alpha value is -0.770. The van der Waals surface area contributed by atoms with Crippen molar-refractivity contribution in [2.45, 2.75) is 56.6 Å². The number of carbonyl (C=O) groups is 1. The maximum Gasteiger partial charge on any atom is 0.317 e. The maximum atomic E-state index is 11.8. The zero-order valence-electron chi connectivity index (χ0n) is 10.0. The number of rotatable bonds is 3. The molecule has 2 aliphatic rings. The standard InChI is InChI=1S/C12H22N2O2/c1-14(9-12(16)7-2-3-8-12)11(15)13-10-5-4-6-10/h10,16H,2-9H2,1H3,(H,13,15). The third-order valence-electron chi connectivity index (χ3n) is 3.85. The number of nitrogens with zero attached hydrogens (tertiary/aromatic N) is 1. The molecular formula is C12H22N2O2. The molecule has 92 valence electrons. The Kier molecular flexibility index (Phi) is 3.38. The van der Waals surface area contributed by atoms with Crippen LogP contribution in [0.5, 0.6) is 0 Å². The van der Waals surface area contributed by atoms with Crippen molar-refractivity contribution >= 4 is 6.03 Å². The highest BCUT2D eigenvalue weighted by atomic mass is 16.3. The average Bonchev–Trinajstić information content (AvgIpc) is 2.58. The molecule has 2 N–H and O–H groups in total. The van der Waals surface area contributed by atoms with Gasteiger partial charge in [0.1, 0.15) is 0 Å². The van der Waals surface area contributed by atoms with E-state index in [1.54, 1.807) is 11.9 Å². The minimum Gasteiger partial charge on any atom is -0.388 e. The van der Waals surface area contributed by atoms with Gasteiger partial charge >= 0.3 is 6.03 Å². The van der Waals surface area contributed by atoms with Gasteiger partial charge in [-0.25, -0.2) is 4.79 Å². The molecule has 2 saturated carbocycles. The number of hydrogen-bond donors (Lipinski definition) is 2. The van der Waals surface area contributed by atoms with Gasteiger partial charge in [-0.15, -0.1) is 0 Å². The predicted octanol–water partition coefficient (Wildman–Crippen LogP) is 1.49. The van der Waals surface area contributed by atoms with Crippen molar-refractivity contribution in [3.05, 3.63) is 0 Å². The lowest BCUT2D eigenvalue weighted by Gasteiger charge is -2.32. The molecule has 2 fully saturated rings. The summed E-state index contributed by atoms with van der Waals surface area (Å²) in [5.74, 6) is 0. The van der Waals surface area contributed by atoms with Crippen LogP contribution in [0.25, 0.3) is 0 Å². The second kappa shape index (κ2) is 4.62. The summed E-state index contributed by atoms with van der Waals surface area (Å²) in [6, 6.07) is 0.332. The fourth-order valence-electron chi connectivity index (χ4n) is 2.54. The number of nitrogens with one attached hydrogen (secondary N) is 1. The molecule has 0 heterocycles. The van der Waals surface area contributed by atoms with Crippen LogP contribution in [-0.2, 0) is 0 Å². The molecule has 0 radical (unpaired) electrons. The first-order valence-corrected chi connectivity index (χ1v) is 6.33. The summed E-state index contributed by atoms with van der Waals surface area (Å²) in [6.07, 6.45) is 7.23. The molecular weight excluding hydrogens is 204 g/mol. The molecule has 4 nitrogen and oxygen atoms in total. The summed E-state index contributed by atoms with van der Waals surface area (Å²) in [5, 5.41) is 13.2. The zero-order valence-corrected chi connectivity index (χ0v) is 10.0. The SMILES string of the molecule is CN(CC1(O)CCCC1)C(=O)NC1CCC1. The summed E-state index contributed by atoms with van der Waals surface area (Å²) < 4.78 is 0. The Morgan fingerprint density at radius 2 is 2.00 bits per heavy atom. The van der Waals surface area contributed by atoms with Gasteiger partial charge < -0.3 is 15.3 Å². The largest absolute Gasteiger partial charge is 0.388 e. The van der Waals surface area contributed by atoms with Crippen LogP contribution < -0.4 is 5.32 Å². The highest BCUT2D eigenvalue weighted by Gasteiger charge is 2.33. The lowest BCUT2D eigenvalue weighted by molar-refractivity contribution is 0.0241. The van der Waals surface area contributed by atoms with E-state index in [1.165, 1.54) is 6.42 Å². The van der Waals surface area contributed by atoms with Gasteiger partial charge in [0, 0.05) is 13.1 Å². The highest BCUT2D eigenvalue weighted by Crippen LogP contribution is 2.30. The van der Waals surface area contributed by atoms with Gasteiger partial charge in [-0.3, -0.25) is 0 Å². The number of carbonyl (C=O) groups excluding carboxylic acids is 1. The summed E-state index contributed by atoms with van der Waals surface area (Å²) in [5.41, 5.74) is -0.633. The van der Waals surface area contributed by atoms with E-state index in [9.17, 15) is 9.90 Å². The zero-order chi connectivity index (χ0) is 11.6. The van der Waals surface area contributed by atoms with Crippen LogP contribution in [0.3, 0.4) is 0 Å². The van der Waals surface area contributed by atoms with E-state index >= 15 is 0 Å². The van der Waals surface area contributed by atoms with E-state index in [1.807, 2.05) is 0 Å². The monoisotopic (exact) mass is 226 g/mol. The molecule has 0 aromatic carbocycles. The third kappa shape index (κ3) is 2.67. The molecule has 0 atom stereocenters. The summed E-state index contributed by atoms with van der Waals surface area (Å²) in [4.78, 5) is 13.4. The van der Waals surface area contributed by atoms with Gasteiger partial charge in [0.2, 0.25) is 0 Å². The van der Waals surface area contributed by atoms with E-state index in [4.69, 9.17) is 0 Å². The van der Waals surface area contributed by atoms with Crippen molar-refractivity contribution in [3.63, 3.8) is 0 Å². The second-order valence-electron chi connectivity index (χ2n) is 5.36. The van der Waals surface area contributed by atoms with Gasteiger partial charge in [0.25, 0.3) is 0 Å². The quantitative estimate of drug-likeness (QED) is 0.766. The van der Waals surface area contributed by atoms with E-state index in [2.05, 4.69) is 5.32 Å². The lowest BCUT2D eigenvalue weighted by atomic mass is 9.93. The van der Waals surface area contributed by atoms with E-state index in [0.717, 1.165) is 38.5 Å². The van der Waals surface area contributed by atoms with Gasteiger partial charge in [-0.2, -0.15) is 0 Å². The van der Waals surface area contributed by atoms with E-state index in [0.29, 0.717) is 12.6 Å². The molecule has 0 saturated heterocycles. The first-order chi connectivity index (χ1) is 7.59. The van der Waals surface area contributed by atoms with Crippen LogP contribution in [0, 0.1) is 0 Å². The Morgan fingerprint density at radius 1 is 1.38 bits per heavy atom. The number of aliphatic hydroxyl groups is 1. The lowest BCUT2D eigenvalue weighted by Crippen LogP contribution is -2.50. The maximum absolute atomic E-state index is 11.8. The van der Waals surface area contributed by atoms with Crippen molar-refractivity contribution in [1.82, 2.24) is 10.2 Å². The second-order valence-corrected chi connectivity index (χ2v) is 5.36. The van der Waals surface area contributed by atoms with Gasteiger partial charge in [-0.1, -0.05) is 12.8 Å². The number of urea groups is 1. The van der Waals surface area contributed by atoms with Gasteiger partial charge in [0.15, 0.2) is 0 Å². The van der Waals surface area contributed by atoms with E-state index < -0.39 is 5.60 Å². The Balaban J connectivity index is 1.77. The van der Waals surface area contributed by atoms with Crippen molar-refractivity contribution in [2.75, 3.05) is 13.6 Å². The van der Waals surface area contributed by atoms with Crippen LogP contribution in [-0.4, -0.2) is 41.3 Å². The predicted molar refractivity (Wildman–Crippen MR) is 62.2 cm³/mol. The third-order valence-corrected chi connectivity index (χ3v) is 3.85. The Bertz CT molecular complexity index is 258. The molecule has 0 aliphatic heterocycles. The molecule has 2 amide bonds. The highest BCUT2D eigenvalue weighted by molar-refractivity contribution is 5.74. The average molecular weight is 226 g/mol. The minimum absolute atomic E-state index is 0.0370. The van der Waals surface area contributed by atoms with Crippen molar-refractivity contribution in [2.24, 2.45) is 0 Å².